The molecule has 3 aliphatic rings. The number of rotatable bonds is 5. The number of nitrogens with one attached hydrogen (secondary N) is 1. The van der Waals surface area contributed by atoms with Crippen molar-refractivity contribution in [2.24, 2.45) is 11.8 Å². The number of benzene rings is 1. The number of hydrogen-bond acceptors (Lipinski definition) is 5. The molecule has 3 fully saturated rings. The average molecular weight is 471 g/mol. The molecule has 28 heavy (non-hydrogen) atoms. The van der Waals surface area contributed by atoms with E-state index in [1.54, 1.807) is 24.3 Å². The third kappa shape index (κ3) is 3.56. The Morgan fingerprint density at radius 2 is 1.89 bits per heavy atom. The van der Waals surface area contributed by atoms with Gasteiger partial charge < -0.3 is 10.2 Å². The first-order valence-corrected chi connectivity index (χ1v) is 11.4. The molecule has 2 heterocycles. The zero-order valence-corrected chi connectivity index (χ0v) is 17.4. The van der Waals surface area contributed by atoms with Crippen LogP contribution in [0.3, 0.4) is 0 Å². The van der Waals surface area contributed by atoms with E-state index in [9.17, 15) is 17.6 Å². The van der Waals surface area contributed by atoms with Gasteiger partial charge in [-0.3, -0.25) is 4.79 Å². The van der Waals surface area contributed by atoms with Crippen molar-refractivity contribution in [3.8, 4) is 6.07 Å². The van der Waals surface area contributed by atoms with Crippen molar-refractivity contribution < 1.29 is 17.6 Å². The lowest BCUT2D eigenvalue weighted by molar-refractivity contribution is -0.130. The standard InChI is InChI=1S/C18H20BrFN4O3S/c19-11-1-3-14(4-2-11)28(26,27)23-9-15-16(10-23)18(15)22-7-17(25)24-8-12(20)5-13(24)6-21/h1-4,12-13,15-16,18,22H,5,7-10H2/t12-,13-,15?,16?,18?/m0/s1. The molecule has 150 valence electrons. The molecule has 0 aromatic heterocycles. The minimum absolute atomic E-state index is 0.0323. The molecule has 7 nitrogen and oxygen atoms in total. The maximum absolute atomic E-state index is 13.5. The molecule has 1 N–H and O–H groups in total. The third-order valence-corrected chi connectivity index (χ3v) is 8.19. The van der Waals surface area contributed by atoms with Crippen LogP contribution in [-0.2, 0) is 14.8 Å². The molecule has 0 bridgehead atoms. The average Bonchev–Trinajstić information content (AvgIpc) is 3.00. The molecule has 4 atom stereocenters. The second kappa shape index (κ2) is 7.37. The molecule has 1 aromatic rings. The van der Waals surface area contributed by atoms with Gasteiger partial charge in [-0.1, -0.05) is 15.9 Å². The lowest BCUT2D eigenvalue weighted by Crippen LogP contribution is -2.43. The maximum Gasteiger partial charge on any atom is 0.243 e. The first kappa shape index (κ1) is 19.8. The SMILES string of the molecule is N#C[C@@H]1C[C@H](F)CN1C(=O)CNC1C2CN(S(=O)(=O)c3ccc(Br)cc3)CC21. The van der Waals surface area contributed by atoms with E-state index in [2.05, 4.69) is 21.2 Å². The second-order valence-corrected chi connectivity index (χ2v) is 10.4. The topological polar surface area (TPSA) is 93.5 Å². The van der Waals surface area contributed by atoms with Crippen LogP contribution in [0.1, 0.15) is 6.42 Å². The predicted octanol–water partition coefficient (Wildman–Crippen LogP) is 1.12. The van der Waals surface area contributed by atoms with Gasteiger partial charge in [0.25, 0.3) is 0 Å². The van der Waals surface area contributed by atoms with E-state index < -0.39 is 22.2 Å². The lowest BCUT2D eigenvalue weighted by Gasteiger charge is -2.22. The van der Waals surface area contributed by atoms with E-state index in [1.165, 1.54) is 9.21 Å². The van der Waals surface area contributed by atoms with Crippen LogP contribution < -0.4 is 5.32 Å². The first-order chi connectivity index (χ1) is 13.3. The molecule has 4 rings (SSSR count). The Morgan fingerprint density at radius 3 is 2.50 bits per heavy atom. The van der Waals surface area contributed by atoms with Gasteiger partial charge in [-0.25, -0.2) is 12.8 Å². The number of likely N-dealkylation sites (tertiary alicyclic amines) is 1. The highest BCUT2D eigenvalue weighted by Gasteiger charge is 2.58. The summed E-state index contributed by atoms with van der Waals surface area (Å²) in [4.78, 5) is 13.8. The van der Waals surface area contributed by atoms with E-state index in [0.29, 0.717) is 13.1 Å². The van der Waals surface area contributed by atoms with Gasteiger partial charge in [0, 0.05) is 30.0 Å². The number of nitrogens with zero attached hydrogens (tertiary/aromatic N) is 3. The minimum atomic E-state index is -3.51. The Bertz CT molecular complexity index is 908. The number of piperidine rings is 1. The van der Waals surface area contributed by atoms with Crippen molar-refractivity contribution in [3.63, 3.8) is 0 Å². The van der Waals surface area contributed by atoms with Gasteiger partial charge in [-0.2, -0.15) is 9.57 Å². The largest absolute Gasteiger partial charge is 0.323 e. The number of fused-ring (bicyclic) bond motifs is 1. The molecule has 2 aliphatic heterocycles. The van der Waals surface area contributed by atoms with Crippen molar-refractivity contribution in [2.75, 3.05) is 26.2 Å². The molecule has 0 spiro atoms. The molecule has 1 aliphatic carbocycles. The van der Waals surface area contributed by atoms with E-state index >= 15 is 0 Å². The molecule has 2 saturated heterocycles. The molecule has 10 heteroatoms. The van der Waals surface area contributed by atoms with Crippen LogP contribution in [0.5, 0.6) is 0 Å². The number of hydrogen-bond donors (Lipinski definition) is 1. The zero-order valence-electron chi connectivity index (χ0n) is 15.0. The van der Waals surface area contributed by atoms with Crippen LogP contribution in [0, 0.1) is 23.2 Å². The first-order valence-electron chi connectivity index (χ1n) is 9.13. The van der Waals surface area contributed by atoms with Crippen molar-refractivity contribution in [1.82, 2.24) is 14.5 Å². The second-order valence-electron chi connectivity index (χ2n) is 7.53. The van der Waals surface area contributed by atoms with Gasteiger partial charge in [0.05, 0.1) is 24.1 Å². The van der Waals surface area contributed by atoms with E-state index in [4.69, 9.17) is 5.26 Å². The fourth-order valence-electron chi connectivity index (χ4n) is 4.23. The molecule has 1 amide bonds. The summed E-state index contributed by atoms with van der Waals surface area (Å²) < 4.78 is 41.2. The van der Waals surface area contributed by atoms with Crippen LogP contribution in [0.2, 0.25) is 0 Å². The van der Waals surface area contributed by atoms with E-state index in [0.717, 1.165) is 4.47 Å². The summed E-state index contributed by atoms with van der Waals surface area (Å²) in [6, 6.07) is 7.93. The molecule has 2 unspecified atom stereocenters. The summed E-state index contributed by atoms with van der Waals surface area (Å²) >= 11 is 3.30. The number of amides is 1. The molecule has 0 radical (unpaired) electrons. The normalized spacial score (nSPS) is 32.2. The number of carbonyl (C=O) groups excluding carboxylic acids is 1. The highest BCUT2D eigenvalue weighted by molar-refractivity contribution is 9.10. The molecule has 1 aromatic carbocycles. The van der Waals surface area contributed by atoms with Crippen LogP contribution >= 0.6 is 15.9 Å². The Morgan fingerprint density at radius 1 is 1.25 bits per heavy atom. The lowest BCUT2D eigenvalue weighted by atomic mass is 10.2. The summed E-state index contributed by atoms with van der Waals surface area (Å²) in [7, 11) is -3.51. The van der Waals surface area contributed by atoms with Crippen LogP contribution in [0.25, 0.3) is 0 Å². The van der Waals surface area contributed by atoms with Crippen LogP contribution in [0.15, 0.2) is 33.6 Å². The Balaban J connectivity index is 1.29. The van der Waals surface area contributed by atoms with Gasteiger partial charge in [0.1, 0.15) is 12.2 Å². The van der Waals surface area contributed by atoms with Crippen molar-refractivity contribution >= 4 is 31.9 Å². The number of carbonyl (C=O) groups is 1. The molecular weight excluding hydrogens is 451 g/mol. The monoisotopic (exact) mass is 470 g/mol. The highest BCUT2D eigenvalue weighted by atomic mass is 79.9. The van der Waals surface area contributed by atoms with Crippen molar-refractivity contribution in [2.45, 2.75) is 29.6 Å². The van der Waals surface area contributed by atoms with Crippen molar-refractivity contribution in [3.05, 3.63) is 28.7 Å². The quantitative estimate of drug-likeness (QED) is 0.695. The van der Waals surface area contributed by atoms with Crippen LogP contribution in [-0.4, -0.2) is 68.0 Å². The molecule has 1 saturated carbocycles. The van der Waals surface area contributed by atoms with Gasteiger partial charge in [0.15, 0.2) is 0 Å². The summed E-state index contributed by atoms with van der Waals surface area (Å²) in [5.74, 6) is 0.0746. The van der Waals surface area contributed by atoms with Gasteiger partial charge in [0.2, 0.25) is 15.9 Å². The van der Waals surface area contributed by atoms with E-state index in [1.807, 2.05) is 6.07 Å². The van der Waals surface area contributed by atoms with Crippen LogP contribution in [0.4, 0.5) is 4.39 Å². The van der Waals surface area contributed by atoms with Gasteiger partial charge in [-0.15, -0.1) is 0 Å². The maximum atomic E-state index is 13.5. The number of halogens is 2. The Labute approximate surface area is 171 Å². The van der Waals surface area contributed by atoms with Crippen molar-refractivity contribution in [1.29, 1.82) is 5.26 Å². The Hall–Kier alpha value is -1.54. The van der Waals surface area contributed by atoms with Gasteiger partial charge >= 0.3 is 0 Å². The fraction of sp³-hybridized carbons (Fsp3) is 0.556. The summed E-state index contributed by atoms with van der Waals surface area (Å²) in [6.45, 7) is 0.857. The summed E-state index contributed by atoms with van der Waals surface area (Å²) in [6.07, 6.45) is -1.08. The minimum Gasteiger partial charge on any atom is -0.323 e. The molecular formula is C18H20BrFN4O3S. The summed E-state index contributed by atoms with van der Waals surface area (Å²) in [5, 5.41) is 12.2. The summed E-state index contributed by atoms with van der Waals surface area (Å²) in [5.41, 5.74) is 0. The predicted molar refractivity (Wildman–Crippen MR) is 102 cm³/mol. The van der Waals surface area contributed by atoms with E-state index in [-0.39, 0.29) is 48.2 Å². The number of alkyl halides is 1. The zero-order chi connectivity index (χ0) is 20.1. The fourth-order valence-corrected chi connectivity index (χ4v) is 6.01. The smallest absolute Gasteiger partial charge is 0.243 e. The third-order valence-electron chi connectivity index (χ3n) is 5.82. The highest BCUT2D eigenvalue weighted by Crippen LogP contribution is 2.47. The number of sulfonamides is 1. The van der Waals surface area contributed by atoms with Gasteiger partial charge in [-0.05, 0) is 36.1 Å². The Kier molecular flexibility index (Phi) is 5.20. The number of nitriles is 1.